The number of aliphatic imine (C=N–C) groups is 2. The van der Waals surface area contributed by atoms with Crippen molar-refractivity contribution in [3.63, 3.8) is 0 Å². The van der Waals surface area contributed by atoms with Gasteiger partial charge in [-0.05, 0) is 57.4 Å². The van der Waals surface area contributed by atoms with Gasteiger partial charge in [0, 0.05) is 19.5 Å². The highest BCUT2D eigenvalue weighted by molar-refractivity contribution is 5.96. The number of carbonyl (C=O) groups excluding carboxylic acids is 6. The van der Waals surface area contributed by atoms with Crippen LogP contribution in [0.15, 0.2) is 9.98 Å². The number of nitrogens with one attached hydrogen (secondary N) is 6. The molecule has 1 heterocycles. The Labute approximate surface area is 301 Å². The molecule has 6 atom stereocenters. The minimum Gasteiger partial charge on any atom is -0.480 e. The van der Waals surface area contributed by atoms with Crippen LogP contribution in [0.3, 0.4) is 0 Å². The lowest BCUT2D eigenvalue weighted by Gasteiger charge is -2.27. The maximum Gasteiger partial charge on any atom is 0.326 e. The van der Waals surface area contributed by atoms with Gasteiger partial charge in [0.25, 0.3) is 0 Å². The van der Waals surface area contributed by atoms with Crippen molar-refractivity contribution in [1.29, 1.82) is 0 Å². The van der Waals surface area contributed by atoms with E-state index in [1.54, 1.807) is 13.8 Å². The van der Waals surface area contributed by atoms with Crippen LogP contribution in [0.5, 0.6) is 0 Å². The van der Waals surface area contributed by atoms with Gasteiger partial charge in [0.2, 0.25) is 35.4 Å². The van der Waals surface area contributed by atoms with Crippen molar-refractivity contribution >= 4 is 53.3 Å². The Kier molecular flexibility index (Phi) is 20.0. The summed E-state index contributed by atoms with van der Waals surface area (Å²) >= 11 is 0. The van der Waals surface area contributed by atoms with Gasteiger partial charge in [0.1, 0.15) is 30.2 Å². The van der Waals surface area contributed by atoms with Gasteiger partial charge in [0.05, 0.1) is 12.6 Å². The number of amides is 6. The number of primary amides is 1. The van der Waals surface area contributed by atoms with Crippen LogP contribution in [-0.4, -0.2) is 126 Å². The maximum absolute atomic E-state index is 13.6. The molecule has 1 saturated heterocycles. The Morgan fingerprint density at radius 3 is 1.65 bits per heavy atom. The van der Waals surface area contributed by atoms with Crippen LogP contribution in [0.1, 0.15) is 65.2 Å². The molecular weight excluding hydrogens is 686 g/mol. The quantitative estimate of drug-likeness (QED) is 0.0249. The van der Waals surface area contributed by atoms with E-state index >= 15 is 0 Å². The summed E-state index contributed by atoms with van der Waals surface area (Å²) in [6.07, 6.45) is 1.30. The molecule has 0 aromatic heterocycles. The van der Waals surface area contributed by atoms with Gasteiger partial charge in [0.15, 0.2) is 11.9 Å². The SMILES string of the molecule is CC(C)C(NC(=O)C(CO)NC(=O)C(CCCN=C(N)N)NC(=O)C(CCCN=C(N)N)NC(=O)C1CCCN1)C(=O)NC(CCC(N)=O)C(=O)O. The molecule has 22 nitrogen and oxygen atoms in total. The highest BCUT2D eigenvalue weighted by Gasteiger charge is 2.34. The number of hydrogen-bond donors (Lipinski definition) is 13. The first kappa shape index (κ1) is 44.8. The number of guanidine groups is 2. The fourth-order valence-electron chi connectivity index (χ4n) is 5.06. The first-order chi connectivity index (χ1) is 24.5. The van der Waals surface area contributed by atoms with Crippen molar-refractivity contribution < 1.29 is 43.8 Å². The lowest BCUT2D eigenvalue weighted by atomic mass is 10.0. The predicted octanol–water partition coefficient (Wildman–Crippen LogP) is -5.73. The summed E-state index contributed by atoms with van der Waals surface area (Å²) in [5.41, 5.74) is 26.6. The van der Waals surface area contributed by atoms with Gasteiger partial charge >= 0.3 is 5.97 Å². The second-order valence-corrected chi connectivity index (χ2v) is 12.5. The van der Waals surface area contributed by atoms with Crippen LogP contribution in [0, 0.1) is 5.92 Å². The molecule has 0 spiro atoms. The summed E-state index contributed by atoms with van der Waals surface area (Å²) in [5, 5.41) is 34.9. The molecule has 1 rings (SSSR count). The lowest BCUT2D eigenvalue weighted by molar-refractivity contribution is -0.143. The number of aliphatic hydroxyl groups excluding tert-OH is 1. The Morgan fingerprint density at radius 2 is 1.21 bits per heavy atom. The summed E-state index contributed by atoms with van der Waals surface area (Å²) < 4.78 is 0. The van der Waals surface area contributed by atoms with E-state index < -0.39 is 90.2 Å². The van der Waals surface area contributed by atoms with E-state index in [-0.39, 0.29) is 57.1 Å². The Bertz CT molecular complexity index is 1300. The standard InChI is InChI=1S/C30H55N13O9/c1-15(2)22(27(50)41-19(28(51)52)9-10-21(31)45)43-26(49)20(14-44)42-25(48)18(8-5-13-38-30(34)35)40-24(47)17(7-4-12-37-29(32)33)39-23(46)16-6-3-11-36-16/h15-20,22,36,44H,3-14H2,1-2H3,(H2,31,45)(H,39,46)(H,40,47)(H,41,50)(H,42,48)(H,43,49)(H,51,52)(H4,32,33,37)(H4,34,35,38). The summed E-state index contributed by atoms with van der Waals surface area (Å²) in [7, 11) is 0. The third-order valence-corrected chi connectivity index (χ3v) is 7.89. The first-order valence-electron chi connectivity index (χ1n) is 16.9. The zero-order chi connectivity index (χ0) is 39.4. The van der Waals surface area contributed by atoms with Gasteiger partial charge in [-0.25, -0.2) is 4.79 Å². The van der Waals surface area contributed by atoms with Gasteiger partial charge < -0.3 is 70.8 Å². The molecule has 18 N–H and O–H groups in total. The molecule has 6 unspecified atom stereocenters. The monoisotopic (exact) mass is 741 g/mol. The topological polar surface area (TPSA) is 387 Å². The second-order valence-electron chi connectivity index (χ2n) is 12.5. The van der Waals surface area contributed by atoms with Crippen LogP contribution in [0.2, 0.25) is 0 Å². The number of nitrogens with zero attached hydrogens (tertiary/aromatic N) is 2. The van der Waals surface area contributed by atoms with Crippen molar-refractivity contribution in [3.8, 4) is 0 Å². The van der Waals surface area contributed by atoms with Crippen LogP contribution in [0.4, 0.5) is 0 Å². The molecule has 1 fully saturated rings. The summed E-state index contributed by atoms with van der Waals surface area (Å²) in [4.78, 5) is 96.8. The zero-order valence-electron chi connectivity index (χ0n) is 29.6. The minimum absolute atomic E-state index is 0.0358. The number of carboxylic acid groups (broad SMARTS) is 1. The Hall–Kier alpha value is -5.25. The van der Waals surface area contributed by atoms with Crippen molar-refractivity contribution in [3.05, 3.63) is 0 Å². The van der Waals surface area contributed by atoms with Gasteiger partial charge in [-0.1, -0.05) is 13.8 Å². The van der Waals surface area contributed by atoms with Crippen molar-refractivity contribution in [2.75, 3.05) is 26.2 Å². The molecule has 6 amide bonds. The molecular formula is C30H55N13O9. The largest absolute Gasteiger partial charge is 0.480 e. The number of carbonyl (C=O) groups is 7. The summed E-state index contributed by atoms with van der Waals surface area (Å²) in [5.74, 6) is -7.04. The van der Waals surface area contributed by atoms with E-state index in [1.807, 2.05) is 0 Å². The predicted molar refractivity (Wildman–Crippen MR) is 188 cm³/mol. The van der Waals surface area contributed by atoms with Crippen molar-refractivity contribution in [2.45, 2.75) is 101 Å². The molecule has 0 aromatic rings. The molecule has 52 heavy (non-hydrogen) atoms. The highest BCUT2D eigenvalue weighted by Crippen LogP contribution is 2.09. The van der Waals surface area contributed by atoms with E-state index in [9.17, 15) is 43.8 Å². The number of carboxylic acids is 1. The van der Waals surface area contributed by atoms with Crippen molar-refractivity contribution in [2.24, 2.45) is 44.6 Å². The van der Waals surface area contributed by atoms with Crippen molar-refractivity contribution in [1.82, 2.24) is 31.9 Å². The third kappa shape index (κ3) is 17.1. The second kappa shape index (κ2) is 23.3. The fourth-order valence-corrected chi connectivity index (χ4v) is 5.06. The molecule has 1 aliphatic heterocycles. The first-order valence-corrected chi connectivity index (χ1v) is 16.9. The van der Waals surface area contributed by atoms with Crippen LogP contribution in [0.25, 0.3) is 0 Å². The summed E-state index contributed by atoms with van der Waals surface area (Å²) in [6.45, 7) is 3.09. The average molecular weight is 742 g/mol. The number of rotatable bonds is 24. The van der Waals surface area contributed by atoms with E-state index in [4.69, 9.17) is 28.7 Å². The molecule has 0 radical (unpaired) electrons. The molecule has 1 aliphatic rings. The molecule has 294 valence electrons. The van der Waals surface area contributed by atoms with E-state index in [2.05, 4.69) is 41.9 Å². The van der Waals surface area contributed by atoms with Gasteiger partial charge in [-0.3, -0.25) is 38.8 Å². The Balaban J connectivity index is 3.16. The Morgan fingerprint density at radius 1 is 0.712 bits per heavy atom. The normalized spacial score (nSPS) is 16.6. The maximum atomic E-state index is 13.6. The third-order valence-electron chi connectivity index (χ3n) is 7.89. The van der Waals surface area contributed by atoms with Gasteiger partial charge in [-0.2, -0.15) is 0 Å². The number of aliphatic carboxylic acids is 1. The van der Waals surface area contributed by atoms with Crippen LogP contribution in [-0.2, 0) is 33.6 Å². The molecule has 0 bridgehead atoms. The zero-order valence-corrected chi connectivity index (χ0v) is 29.6. The van der Waals surface area contributed by atoms with E-state index in [0.717, 1.165) is 6.42 Å². The number of aliphatic hydroxyl groups is 1. The highest BCUT2D eigenvalue weighted by atomic mass is 16.4. The van der Waals surface area contributed by atoms with Crippen LogP contribution < -0.4 is 60.6 Å². The summed E-state index contributed by atoms with van der Waals surface area (Å²) in [6, 6.07) is -7.33. The minimum atomic E-state index is -1.62. The molecule has 22 heteroatoms. The smallest absolute Gasteiger partial charge is 0.326 e. The fraction of sp³-hybridized carbons (Fsp3) is 0.700. The lowest BCUT2D eigenvalue weighted by Crippen LogP contribution is -2.60. The average Bonchev–Trinajstić information content (AvgIpc) is 3.61. The molecule has 0 aromatic carbocycles. The molecule has 0 saturated carbocycles. The van der Waals surface area contributed by atoms with E-state index in [1.165, 1.54) is 0 Å². The number of hydrogen-bond acceptors (Lipinski definition) is 11. The number of nitrogens with two attached hydrogens (primary N) is 5. The van der Waals surface area contributed by atoms with Crippen LogP contribution >= 0.6 is 0 Å². The van der Waals surface area contributed by atoms with E-state index in [0.29, 0.717) is 19.4 Å². The van der Waals surface area contributed by atoms with Gasteiger partial charge in [-0.15, -0.1) is 0 Å². The molecule has 0 aliphatic carbocycles.